The van der Waals surface area contributed by atoms with E-state index in [1.54, 1.807) is 13.0 Å². The molecule has 89 valence electrons. The summed E-state index contributed by atoms with van der Waals surface area (Å²) in [4.78, 5) is 11.2. The molecule has 0 atom stereocenters. The Balaban J connectivity index is -0.0000000462. The molecule has 7 heteroatoms. The van der Waals surface area contributed by atoms with Gasteiger partial charge >= 0.3 is 45.2 Å². The number of carbonyl (C=O) groups excluding carboxylic acids is 1. The van der Waals surface area contributed by atoms with Crippen molar-refractivity contribution in [2.24, 2.45) is 0 Å². The Morgan fingerprint density at radius 1 is 1.12 bits per heavy atom. The first-order chi connectivity index (χ1) is 7.80. The third kappa shape index (κ3) is 25.3. The van der Waals surface area contributed by atoms with Gasteiger partial charge in [0.15, 0.2) is 0 Å². The first kappa shape index (κ1) is 29.7. The molecule has 5 nitrogen and oxygen atoms in total. The minimum Gasteiger partial charge on any atom is 0 e. The second-order valence-electron chi connectivity index (χ2n) is 1.45. The average Bonchev–Trinajstić information content (AvgIpc) is 2.93. The number of rotatable bonds is 1. The van der Waals surface area contributed by atoms with Crippen LogP contribution in [0.4, 0.5) is 0 Å². The van der Waals surface area contributed by atoms with Gasteiger partial charge in [0.2, 0.25) is 0 Å². The third-order valence-electron chi connectivity index (χ3n) is 0.788. The van der Waals surface area contributed by atoms with Crippen molar-refractivity contribution in [1.82, 2.24) is 0 Å². The smallest absolute Gasteiger partial charge is 0 e. The van der Waals surface area contributed by atoms with Crippen LogP contribution in [0.1, 0.15) is 16.6 Å². The van der Waals surface area contributed by atoms with Crippen LogP contribution < -0.4 is 0 Å². The molecule has 0 N–H and O–H groups in total. The SMILES string of the molecule is CC(=O)c1[c-]ccs1.[C-]#[O+].[C-]#[O+].[C-]#[O+].[C-]#[O+].[Mn]. The van der Waals surface area contributed by atoms with Gasteiger partial charge in [-0.2, -0.15) is 12.1 Å². The van der Waals surface area contributed by atoms with Crippen LogP contribution in [0.5, 0.6) is 0 Å². The van der Waals surface area contributed by atoms with Crippen molar-refractivity contribution in [2.45, 2.75) is 6.92 Å². The second-order valence-corrected chi connectivity index (χ2v) is 2.37. The Hall–Kier alpha value is -1.15. The Morgan fingerprint density at radius 3 is 1.59 bits per heavy atom. The van der Waals surface area contributed by atoms with Crippen LogP contribution in [-0.4, -0.2) is 5.78 Å². The average molecular weight is 292 g/mol. The molecule has 0 aliphatic heterocycles. The Kier molecular flexibility index (Phi) is 63.5. The van der Waals surface area contributed by atoms with Crippen LogP contribution in [0.25, 0.3) is 0 Å². The van der Waals surface area contributed by atoms with Crippen molar-refractivity contribution < 1.29 is 40.5 Å². The van der Waals surface area contributed by atoms with Crippen LogP contribution in [0, 0.1) is 32.7 Å². The predicted molar refractivity (Wildman–Crippen MR) is 48.9 cm³/mol. The van der Waals surface area contributed by atoms with E-state index in [-0.39, 0.29) is 22.9 Å². The number of Topliss-reactive ketones (excluding diaryl/α,β-unsaturated/α-hetero) is 1. The molecule has 1 aromatic heterocycles. The minimum absolute atomic E-state index is 0. The van der Waals surface area contributed by atoms with Crippen molar-refractivity contribution in [3.8, 4) is 0 Å². The predicted octanol–water partition coefficient (Wildman–Crippen LogP) is 1.60. The summed E-state index contributed by atoms with van der Waals surface area (Å²) in [5, 5.41) is 1.84. The minimum atomic E-state index is 0. The van der Waals surface area contributed by atoms with E-state index in [0.717, 1.165) is 0 Å². The maximum absolute atomic E-state index is 10.5. The number of carbonyl (C=O) groups is 1. The van der Waals surface area contributed by atoms with Gasteiger partial charge in [-0.15, -0.1) is 5.38 Å². The first-order valence-corrected chi connectivity index (χ1v) is 3.96. The first-order valence-electron chi connectivity index (χ1n) is 3.08. The molecule has 1 radical (unpaired) electrons. The van der Waals surface area contributed by atoms with Gasteiger partial charge in [-0.1, -0.05) is 4.88 Å². The molecule has 0 aliphatic rings. The molecule has 0 bridgehead atoms. The van der Waals surface area contributed by atoms with Gasteiger partial charge in [0.25, 0.3) is 0 Å². The van der Waals surface area contributed by atoms with E-state index in [1.807, 2.05) is 5.38 Å². The zero-order valence-corrected chi connectivity index (χ0v) is 10.5. The summed E-state index contributed by atoms with van der Waals surface area (Å²) in [7, 11) is 0. The van der Waals surface area contributed by atoms with Gasteiger partial charge < -0.3 is 4.79 Å². The van der Waals surface area contributed by atoms with Crippen LogP contribution >= 0.6 is 11.3 Å². The zero-order chi connectivity index (χ0) is 14.0. The van der Waals surface area contributed by atoms with Gasteiger partial charge in [-0.3, -0.25) is 0 Å². The van der Waals surface area contributed by atoms with E-state index < -0.39 is 0 Å². The van der Waals surface area contributed by atoms with Crippen LogP contribution in [0.15, 0.2) is 11.4 Å². The Morgan fingerprint density at radius 2 is 1.47 bits per heavy atom. The normalized spacial score (nSPS) is 4.76. The van der Waals surface area contributed by atoms with Crippen LogP contribution in [0.2, 0.25) is 0 Å². The summed E-state index contributed by atoms with van der Waals surface area (Å²) >= 11 is 1.43. The fourth-order valence-electron chi connectivity index (χ4n) is 0.430. The maximum Gasteiger partial charge on any atom is 0 e. The molecule has 0 saturated carbocycles. The van der Waals surface area contributed by atoms with Crippen LogP contribution in [-0.2, 0) is 35.7 Å². The molecule has 0 saturated heterocycles. The van der Waals surface area contributed by atoms with Crippen molar-refractivity contribution in [3.05, 3.63) is 49.0 Å². The molecule has 0 spiro atoms. The van der Waals surface area contributed by atoms with E-state index in [2.05, 4.69) is 32.7 Å². The molecule has 0 fully saturated rings. The molecule has 1 heterocycles. The van der Waals surface area contributed by atoms with E-state index >= 15 is 0 Å². The number of hydrogen-bond acceptors (Lipinski definition) is 2. The van der Waals surface area contributed by atoms with E-state index in [9.17, 15) is 4.79 Å². The number of thiophene rings is 1. The molecule has 0 aromatic carbocycles. The summed E-state index contributed by atoms with van der Waals surface area (Å²) in [6, 6.07) is 4.56. The maximum atomic E-state index is 10.5. The molecule has 17 heavy (non-hydrogen) atoms. The monoisotopic (exact) mass is 292 g/mol. The molecule has 0 aliphatic carbocycles. The van der Waals surface area contributed by atoms with Crippen molar-refractivity contribution in [1.29, 1.82) is 0 Å². The second kappa shape index (κ2) is 36.4. The molecule has 1 aromatic rings. The Bertz CT molecular complexity index is 299. The summed E-state index contributed by atoms with van der Waals surface area (Å²) in [5.74, 6) is 0.0972. The standard InChI is InChI=1S/C6H5OS.4CO.Mn/c1-5(7)6-3-2-4-8-6;4*1-2;/h2,4H,1H3;;;;;/q-1;;;;;. The molecule has 0 amide bonds. The largest absolute Gasteiger partial charge is 0 e. The van der Waals surface area contributed by atoms with Gasteiger partial charge in [0.05, 0.1) is 5.78 Å². The number of hydrogen-bond donors (Lipinski definition) is 0. The fraction of sp³-hybridized carbons (Fsp3) is 0.100. The quantitative estimate of drug-likeness (QED) is 0.334. The number of ketones is 1. The van der Waals surface area contributed by atoms with Gasteiger partial charge in [0.1, 0.15) is 0 Å². The van der Waals surface area contributed by atoms with Crippen LogP contribution in [0.3, 0.4) is 0 Å². The van der Waals surface area contributed by atoms with Crippen molar-refractivity contribution in [3.63, 3.8) is 0 Å². The van der Waals surface area contributed by atoms with E-state index in [0.29, 0.717) is 4.88 Å². The van der Waals surface area contributed by atoms with E-state index in [1.165, 1.54) is 11.3 Å². The summed E-state index contributed by atoms with van der Waals surface area (Å²) in [6.07, 6.45) is 0. The molecule has 1 rings (SSSR count). The topological polar surface area (TPSA) is 96.7 Å². The Labute approximate surface area is 114 Å². The van der Waals surface area contributed by atoms with E-state index in [4.69, 9.17) is 18.6 Å². The zero-order valence-electron chi connectivity index (χ0n) is 8.48. The molecular weight excluding hydrogens is 287 g/mol. The summed E-state index contributed by atoms with van der Waals surface area (Å²) in [5.41, 5.74) is 0. The van der Waals surface area contributed by atoms with Gasteiger partial charge in [0, 0.05) is 17.1 Å². The van der Waals surface area contributed by atoms with Gasteiger partial charge in [-0.05, 0) is 6.92 Å². The molecule has 0 unspecified atom stereocenters. The third-order valence-corrected chi connectivity index (χ3v) is 1.70. The molecular formula is C10H5MnO5S-. The van der Waals surface area contributed by atoms with Crippen molar-refractivity contribution >= 4 is 17.1 Å². The summed E-state index contributed by atoms with van der Waals surface area (Å²) < 4.78 is 30.0. The van der Waals surface area contributed by atoms with Crippen molar-refractivity contribution in [2.75, 3.05) is 0 Å². The fourth-order valence-corrected chi connectivity index (χ4v) is 1.00. The van der Waals surface area contributed by atoms with Gasteiger partial charge in [-0.25, -0.2) is 11.3 Å². The summed E-state index contributed by atoms with van der Waals surface area (Å²) in [6.45, 7) is 19.5.